The molecule has 0 saturated carbocycles. The van der Waals surface area contributed by atoms with Crippen molar-refractivity contribution in [1.29, 1.82) is 0 Å². The van der Waals surface area contributed by atoms with Gasteiger partial charge in [0, 0.05) is 6.20 Å². The summed E-state index contributed by atoms with van der Waals surface area (Å²) in [6, 6.07) is 1.78. The minimum atomic E-state index is -0.625. The van der Waals surface area contributed by atoms with Gasteiger partial charge in [-0.15, -0.1) is 0 Å². The molecule has 3 nitrogen and oxygen atoms in total. The van der Waals surface area contributed by atoms with E-state index in [1.807, 2.05) is 6.92 Å². The molecule has 1 rings (SSSR count). The van der Waals surface area contributed by atoms with Crippen molar-refractivity contribution in [3.8, 4) is 0 Å². The fourth-order valence-electron chi connectivity index (χ4n) is 0.911. The van der Waals surface area contributed by atoms with Crippen LogP contribution in [0.1, 0.15) is 19.4 Å². The lowest BCUT2D eigenvalue weighted by atomic mass is 10.2. The summed E-state index contributed by atoms with van der Waals surface area (Å²) in [6.07, 6.45) is 1.65. The Morgan fingerprint density at radius 1 is 1.60 bits per heavy atom. The van der Waals surface area contributed by atoms with Crippen molar-refractivity contribution in [2.75, 3.05) is 5.32 Å². The first-order valence-electron chi connectivity index (χ1n) is 4.43. The largest absolute Gasteiger partial charge is 0.322 e. The smallest absolute Gasteiger partial charge is 0.240 e. The molecule has 0 atom stereocenters. The Balaban J connectivity index is 2.90. The van der Waals surface area contributed by atoms with Crippen molar-refractivity contribution >= 4 is 39.1 Å². The van der Waals surface area contributed by atoms with Crippen LogP contribution in [0, 0.1) is 6.92 Å². The molecule has 1 aromatic rings. The number of alkyl halides is 1. The molecule has 0 spiro atoms. The van der Waals surface area contributed by atoms with Crippen molar-refractivity contribution in [2.24, 2.45) is 0 Å². The number of hydrogen-bond acceptors (Lipinski definition) is 2. The summed E-state index contributed by atoms with van der Waals surface area (Å²) < 4.78 is -0.625. The van der Waals surface area contributed by atoms with E-state index in [1.54, 1.807) is 26.1 Å². The molecule has 1 aromatic heterocycles. The molecule has 0 aliphatic rings. The molecule has 0 aromatic carbocycles. The molecule has 1 amide bonds. The molecule has 0 bridgehead atoms. The first kappa shape index (κ1) is 12.5. The van der Waals surface area contributed by atoms with E-state index in [0.29, 0.717) is 10.8 Å². The summed E-state index contributed by atoms with van der Waals surface area (Å²) in [5.74, 6) is -0.156. The third-order valence-electron chi connectivity index (χ3n) is 1.76. The fourth-order valence-corrected chi connectivity index (χ4v) is 1.16. The second kappa shape index (κ2) is 4.49. The molecule has 0 aliphatic heterocycles. The molecule has 5 heteroatoms. The Labute approximate surface area is 102 Å². The maximum Gasteiger partial charge on any atom is 0.240 e. The maximum absolute atomic E-state index is 11.7. The highest BCUT2D eigenvalue weighted by atomic mass is 79.9. The van der Waals surface area contributed by atoms with Crippen molar-refractivity contribution in [3.05, 3.63) is 23.0 Å². The predicted octanol–water partition coefficient (Wildman–Crippen LogP) is 3.16. The minimum Gasteiger partial charge on any atom is -0.322 e. The fraction of sp³-hybridized carbons (Fsp3) is 0.400. The minimum absolute atomic E-state index is 0.156. The summed E-state index contributed by atoms with van der Waals surface area (Å²) in [5.41, 5.74) is 1.48. The Morgan fingerprint density at radius 2 is 2.20 bits per heavy atom. The van der Waals surface area contributed by atoms with Crippen LogP contribution in [-0.2, 0) is 4.79 Å². The Kier molecular flexibility index (Phi) is 3.73. The number of hydrogen-bond donors (Lipinski definition) is 1. The Hall–Kier alpha value is -0.610. The van der Waals surface area contributed by atoms with Gasteiger partial charge in [0.2, 0.25) is 5.91 Å². The number of rotatable bonds is 2. The molecule has 82 valence electrons. The molecule has 0 aliphatic carbocycles. The van der Waals surface area contributed by atoms with Gasteiger partial charge in [-0.3, -0.25) is 4.79 Å². The van der Waals surface area contributed by atoms with Crippen LogP contribution < -0.4 is 5.32 Å². The van der Waals surface area contributed by atoms with Crippen molar-refractivity contribution in [3.63, 3.8) is 0 Å². The van der Waals surface area contributed by atoms with Gasteiger partial charge in [0.1, 0.15) is 0 Å². The number of carbonyl (C=O) groups excluding carboxylic acids is 1. The number of amides is 1. The summed E-state index contributed by atoms with van der Waals surface area (Å²) in [5, 5.41) is 3.01. The van der Waals surface area contributed by atoms with Crippen LogP contribution in [-0.4, -0.2) is 15.2 Å². The van der Waals surface area contributed by atoms with E-state index >= 15 is 0 Å². The second-order valence-corrected chi connectivity index (χ2v) is 6.12. The second-order valence-electron chi connectivity index (χ2n) is 3.78. The van der Waals surface area contributed by atoms with Gasteiger partial charge in [-0.1, -0.05) is 27.5 Å². The lowest BCUT2D eigenvalue weighted by Crippen LogP contribution is -2.31. The van der Waals surface area contributed by atoms with Gasteiger partial charge >= 0.3 is 0 Å². The average Bonchev–Trinajstić information content (AvgIpc) is 2.09. The zero-order chi connectivity index (χ0) is 11.6. The standard InChI is InChI=1S/C10H12BrClN2O/c1-6-4-7(8(12)13-5-6)14-9(15)10(2,3)11/h4-5H,1-3H3,(H,14,15). The molecule has 1 heterocycles. The molecular weight excluding hydrogens is 279 g/mol. The summed E-state index contributed by atoms with van der Waals surface area (Å²) in [4.78, 5) is 15.6. The van der Waals surface area contributed by atoms with Gasteiger partial charge < -0.3 is 5.32 Å². The monoisotopic (exact) mass is 290 g/mol. The predicted molar refractivity (Wildman–Crippen MR) is 65.6 cm³/mol. The van der Waals surface area contributed by atoms with Crippen LogP contribution in [0.5, 0.6) is 0 Å². The summed E-state index contributed by atoms with van der Waals surface area (Å²) in [6.45, 7) is 5.41. The highest BCUT2D eigenvalue weighted by Gasteiger charge is 2.24. The zero-order valence-corrected chi connectivity index (χ0v) is 11.1. The van der Waals surface area contributed by atoms with E-state index < -0.39 is 4.32 Å². The number of nitrogens with one attached hydrogen (secondary N) is 1. The molecule has 0 unspecified atom stereocenters. The third-order valence-corrected chi connectivity index (χ3v) is 2.43. The van der Waals surface area contributed by atoms with Gasteiger partial charge in [-0.05, 0) is 32.4 Å². The van der Waals surface area contributed by atoms with Gasteiger partial charge in [-0.25, -0.2) is 4.98 Å². The van der Waals surface area contributed by atoms with E-state index in [0.717, 1.165) is 5.56 Å². The third kappa shape index (κ3) is 3.47. The normalized spacial score (nSPS) is 11.3. The van der Waals surface area contributed by atoms with E-state index in [2.05, 4.69) is 26.2 Å². The van der Waals surface area contributed by atoms with Crippen LogP contribution in [0.25, 0.3) is 0 Å². The summed E-state index contributed by atoms with van der Waals surface area (Å²) >= 11 is 9.12. The molecule has 0 saturated heterocycles. The molecule has 15 heavy (non-hydrogen) atoms. The van der Waals surface area contributed by atoms with Crippen LogP contribution in [0.15, 0.2) is 12.3 Å². The van der Waals surface area contributed by atoms with Gasteiger partial charge in [0.25, 0.3) is 0 Å². The van der Waals surface area contributed by atoms with Crippen LogP contribution >= 0.6 is 27.5 Å². The van der Waals surface area contributed by atoms with Crippen LogP contribution in [0.2, 0.25) is 5.15 Å². The SMILES string of the molecule is Cc1cnc(Cl)c(NC(=O)C(C)(C)Br)c1. The van der Waals surface area contributed by atoms with E-state index in [9.17, 15) is 4.79 Å². The van der Waals surface area contributed by atoms with Gasteiger partial charge in [0.15, 0.2) is 5.15 Å². The lowest BCUT2D eigenvalue weighted by molar-refractivity contribution is -0.117. The number of pyridine rings is 1. The number of halogens is 2. The highest BCUT2D eigenvalue weighted by Crippen LogP contribution is 2.23. The van der Waals surface area contributed by atoms with Gasteiger partial charge in [-0.2, -0.15) is 0 Å². The van der Waals surface area contributed by atoms with Crippen molar-refractivity contribution in [1.82, 2.24) is 4.98 Å². The number of anilines is 1. The number of aryl methyl sites for hydroxylation is 1. The Bertz CT molecular complexity index is 387. The van der Waals surface area contributed by atoms with Crippen LogP contribution in [0.3, 0.4) is 0 Å². The molecular formula is C10H12BrClN2O. The van der Waals surface area contributed by atoms with Crippen molar-refractivity contribution < 1.29 is 4.79 Å². The summed E-state index contributed by atoms with van der Waals surface area (Å²) in [7, 11) is 0. The molecule has 0 radical (unpaired) electrons. The number of carbonyl (C=O) groups is 1. The molecule has 1 N–H and O–H groups in total. The number of aromatic nitrogens is 1. The topological polar surface area (TPSA) is 42.0 Å². The lowest BCUT2D eigenvalue weighted by Gasteiger charge is -2.16. The maximum atomic E-state index is 11.7. The van der Waals surface area contributed by atoms with E-state index in [-0.39, 0.29) is 5.91 Å². The first-order chi connectivity index (χ1) is 6.80. The average molecular weight is 292 g/mol. The molecule has 0 fully saturated rings. The van der Waals surface area contributed by atoms with Crippen molar-refractivity contribution in [2.45, 2.75) is 25.1 Å². The first-order valence-corrected chi connectivity index (χ1v) is 5.60. The zero-order valence-electron chi connectivity index (χ0n) is 8.77. The highest BCUT2D eigenvalue weighted by molar-refractivity contribution is 9.10. The Morgan fingerprint density at radius 3 is 2.73 bits per heavy atom. The van der Waals surface area contributed by atoms with E-state index in [4.69, 9.17) is 11.6 Å². The number of nitrogens with zero attached hydrogens (tertiary/aromatic N) is 1. The van der Waals surface area contributed by atoms with Crippen LogP contribution in [0.4, 0.5) is 5.69 Å². The quantitative estimate of drug-likeness (QED) is 0.672. The van der Waals surface area contributed by atoms with Gasteiger partial charge in [0.05, 0.1) is 10.0 Å². The van der Waals surface area contributed by atoms with E-state index in [1.165, 1.54) is 0 Å².